The summed E-state index contributed by atoms with van der Waals surface area (Å²) < 4.78 is 10.7. The molecule has 4 rings (SSSR count). The van der Waals surface area contributed by atoms with Crippen LogP contribution in [-0.4, -0.2) is 41.2 Å². The van der Waals surface area contributed by atoms with Gasteiger partial charge in [-0.3, -0.25) is 9.59 Å². The third kappa shape index (κ3) is 3.96. The summed E-state index contributed by atoms with van der Waals surface area (Å²) in [4.78, 5) is 29.8. The topological polar surface area (TPSA) is 97.8 Å². The van der Waals surface area contributed by atoms with E-state index in [2.05, 4.69) is 10.3 Å². The molecule has 7 heteroatoms. The minimum Gasteiger partial charge on any atom is -0.503 e. The van der Waals surface area contributed by atoms with Crippen molar-refractivity contribution in [3.8, 4) is 11.5 Å². The van der Waals surface area contributed by atoms with Crippen LogP contribution in [0.3, 0.4) is 0 Å². The standard InChI is InChI=1S/C24H28N2O5/c1-13(2)31-24(29)20-15-11-16(19(20)14-7-5-4-6-8-14)17(12-15)26-23(28)21-22(27)18(30-3)9-10-25-21/h4-10,13,15-17,19-20,27H,11-12H2,1-3H3,(H,26,28)/t15?,16?,17-,19-,20-/m1/s1. The number of rotatable bonds is 6. The van der Waals surface area contributed by atoms with E-state index in [0.717, 1.165) is 12.0 Å². The van der Waals surface area contributed by atoms with Crippen molar-refractivity contribution in [2.45, 2.75) is 44.8 Å². The van der Waals surface area contributed by atoms with E-state index in [0.29, 0.717) is 6.42 Å². The summed E-state index contributed by atoms with van der Waals surface area (Å²) in [5, 5.41) is 13.3. The normalized spacial score (nSPS) is 26.6. The molecule has 2 N–H and O–H groups in total. The molecular formula is C24H28N2O5. The molecule has 2 aromatic rings. The van der Waals surface area contributed by atoms with Gasteiger partial charge in [0.1, 0.15) is 0 Å². The number of nitrogens with zero attached hydrogens (tertiary/aromatic N) is 1. The zero-order valence-electron chi connectivity index (χ0n) is 17.9. The highest BCUT2D eigenvalue weighted by molar-refractivity contribution is 5.95. The van der Waals surface area contributed by atoms with E-state index < -0.39 is 5.91 Å². The highest BCUT2D eigenvalue weighted by Gasteiger charge is 2.56. The maximum absolute atomic E-state index is 12.9. The second-order valence-corrected chi connectivity index (χ2v) is 8.63. The van der Waals surface area contributed by atoms with Crippen LogP contribution < -0.4 is 10.1 Å². The minimum absolute atomic E-state index is 0.0247. The van der Waals surface area contributed by atoms with Crippen LogP contribution in [0.4, 0.5) is 0 Å². The number of carbonyl (C=O) groups is 2. The zero-order chi connectivity index (χ0) is 22.1. The van der Waals surface area contributed by atoms with E-state index in [4.69, 9.17) is 9.47 Å². The first-order chi connectivity index (χ1) is 14.9. The van der Waals surface area contributed by atoms with Gasteiger partial charge in [0, 0.05) is 24.2 Å². The molecule has 0 spiro atoms. The Balaban J connectivity index is 1.58. The molecule has 2 unspecified atom stereocenters. The van der Waals surface area contributed by atoms with Gasteiger partial charge in [0.15, 0.2) is 17.2 Å². The molecule has 1 amide bonds. The van der Waals surface area contributed by atoms with E-state index in [1.807, 2.05) is 44.2 Å². The third-order valence-electron chi connectivity index (χ3n) is 6.45. The number of ether oxygens (including phenoxy) is 2. The lowest BCUT2D eigenvalue weighted by Crippen LogP contribution is -2.45. The summed E-state index contributed by atoms with van der Waals surface area (Å²) in [6, 6.07) is 11.4. The molecule has 0 radical (unpaired) electrons. The molecule has 2 aliphatic carbocycles. The first-order valence-electron chi connectivity index (χ1n) is 10.7. The van der Waals surface area contributed by atoms with Crippen molar-refractivity contribution in [2.75, 3.05) is 7.11 Å². The van der Waals surface area contributed by atoms with Crippen LogP contribution in [-0.2, 0) is 9.53 Å². The van der Waals surface area contributed by atoms with Crippen LogP contribution in [0.15, 0.2) is 42.6 Å². The van der Waals surface area contributed by atoms with Crippen molar-refractivity contribution in [1.82, 2.24) is 10.3 Å². The predicted molar refractivity (Wildman–Crippen MR) is 114 cm³/mol. The highest BCUT2D eigenvalue weighted by atomic mass is 16.5. The van der Waals surface area contributed by atoms with Gasteiger partial charge < -0.3 is 19.9 Å². The van der Waals surface area contributed by atoms with Gasteiger partial charge >= 0.3 is 5.97 Å². The Bertz CT molecular complexity index is 962. The summed E-state index contributed by atoms with van der Waals surface area (Å²) in [6.07, 6.45) is 2.81. The number of pyridine rings is 1. The Labute approximate surface area is 181 Å². The Morgan fingerprint density at radius 3 is 2.58 bits per heavy atom. The van der Waals surface area contributed by atoms with Gasteiger partial charge in [0.2, 0.25) is 0 Å². The largest absolute Gasteiger partial charge is 0.503 e. The van der Waals surface area contributed by atoms with Crippen molar-refractivity contribution >= 4 is 11.9 Å². The lowest BCUT2D eigenvalue weighted by molar-refractivity contribution is -0.155. The molecule has 0 saturated heterocycles. The van der Waals surface area contributed by atoms with Gasteiger partial charge in [-0.25, -0.2) is 4.98 Å². The second kappa shape index (κ2) is 8.57. The summed E-state index contributed by atoms with van der Waals surface area (Å²) in [5.41, 5.74) is 1.02. The lowest BCUT2D eigenvalue weighted by Gasteiger charge is -2.35. The Kier molecular flexibility index (Phi) is 5.85. The highest BCUT2D eigenvalue weighted by Crippen LogP contribution is 2.57. The fourth-order valence-electron chi connectivity index (χ4n) is 5.31. The van der Waals surface area contributed by atoms with E-state index in [-0.39, 0.29) is 59.0 Å². The average molecular weight is 424 g/mol. The first kappa shape index (κ1) is 21.2. The molecule has 5 atom stereocenters. The van der Waals surface area contributed by atoms with Crippen LogP contribution in [0, 0.1) is 17.8 Å². The molecule has 31 heavy (non-hydrogen) atoms. The molecule has 0 aliphatic heterocycles. The molecule has 2 aliphatic rings. The van der Waals surface area contributed by atoms with Gasteiger partial charge in [-0.2, -0.15) is 0 Å². The molecule has 164 valence electrons. The Hall–Kier alpha value is -3.09. The third-order valence-corrected chi connectivity index (χ3v) is 6.45. The van der Waals surface area contributed by atoms with E-state index in [1.165, 1.54) is 19.4 Å². The van der Waals surface area contributed by atoms with E-state index in [9.17, 15) is 14.7 Å². The monoisotopic (exact) mass is 424 g/mol. The van der Waals surface area contributed by atoms with Crippen molar-refractivity contribution in [3.63, 3.8) is 0 Å². The molecule has 1 aromatic carbocycles. The van der Waals surface area contributed by atoms with Crippen molar-refractivity contribution in [3.05, 3.63) is 53.9 Å². The Morgan fingerprint density at radius 1 is 1.16 bits per heavy atom. The van der Waals surface area contributed by atoms with Gasteiger partial charge in [-0.05, 0) is 44.1 Å². The van der Waals surface area contributed by atoms with Crippen LogP contribution in [0.5, 0.6) is 11.5 Å². The molecule has 7 nitrogen and oxygen atoms in total. The van der Waals surface area contributed by atoms with Crippen LogP contribution in [0.25, 0.3) is 0 Å². The Morgan fingerprint density at radius 2 is 1.90 bits per heavy atom. The number of benzene rings is 1. The number of methoxy groups -OCH3 is 1. The van der Waals surface area contributed by atoms with Crippen molar-refractivity contribution < 1.29 is 24.2 Å². The smallest absolute Gasteiger partial charge is 0.310 e. The molecule has 1 heterocycles. The summed E-state index contributed by atoms with van der Waals surface area (Å²) in [6.45, 7) is 3.72. The van der Waals surface area contributed by atoms with Gasteiger partial charge in [0.05, 0.1) is 19.1 Å². The minimum atomic E-state index is -0.443. The molecule has 2 bridgehead atoms. The first-order valence-corrected chi connectivity index (χ1v) is 10.7. The zero-order valence-corrected chi connectivity index (χ0v) is 17.9. The number of carbonyl (C=O) groups excluding carboxylic acids is 2. The number of fused-ring (bicyclic) bond motifs is 2. The van der Waals surface area contributed by atoms with Gasteiger partial charge in [0.25, 0.3) is 5.91 Å². The number of hydrogen-bond acceptors (Lipinski definition) is 6. The number of aromatic hydroxyl groups is 1. The maximum atomic E-state index is 12.9. The predicted octanol–water partition coefficient (Wildman–Crippen LogP) is 3.29. The number of hydrogen-bond donors (Lipinski definition) is 2. The summed E-state index contributed by atoms with van der Waals surface area (Å²) in [5.74, 6) is -0.673. The van der Waals surface area contributed by atoms with Gasteiger partial charge in [-0.1, -0.05) is 30.3 Å². The average Bonchev–Trinajstić information content (AvgIpc) is 3.32. The van der Waals surface area contributed by atoms with Crippen LogP contribution in [0.1, 0.15) is 48.7 Å². The summed E-state index contributed by atoms with van der Waals surface area (Å²) in [7, 11) is 1.42. The van der Waals surface area contributed by atoms with Crippen molar-refractivity contribution in [2.24, 2.45) is 17.8 Å². The lowest BCUT2D eigenvalue weighted by atomic mass is 9.73. The fourth-order valence-corrected chi connectivity index (χ4v) is 5.31. The van der Waals surface area contributed by atoms with E-state index in [1.54, 1.807) is 0 Å². The molecular weight excluding hydrogens is 396 g/mol. The van der Waals surface area contributed by atoms with Gasteiger partial charge in [-0.15, -0.1) is 0 Å². The number of aromatic nitrogens is 1. The quantitative estimate of drug-likeness (QED) is 0.691. The second-order valence-electron chi connectivity index (χ2n) is 8.63. The number of esters is 1. The van der Waals surface area contributed by atoms with Crippen molar-refractivity contribution in [1.29, 1.82) is 0 Å². The SMILES string of the molecule is COc1ccnc(C(=O)N[C@@H]2CC3CC2[C@@H](c2ccccc2)[C@@H]3C(=O)OC(C)C)c1O. The number of amides is 1. The molecule has 2 saturated carbocycles. The molecule has 2 fully saturated rings. The maximum Gasteiger partial charge on any atom is 0.310 e. The van der Waals surface area contributed by atoms with Crippen LogP contribution in [0.2, 0.25) is 0 Å². The van der Waals surface area contributed by atoms with Crippen LogP contribution >= 0.6 is 0 Å². The van der Waals surface area contributed by atoms with E-state index >= 15 is 0 Å². The number of nitrogens with one attached hydrogen (secondary N) is 1. The fraction of sp³-hybridized carbons (Fsp3) is 0.458. The summed E-state index contributed by atoms with van der Waals surface area (Å²) >= 11 is 0. The molecule has 1 aromatic heterocycles.